The van der Waals surface area contributed by atoms with E-state index >= 15 is 0 Å². The largest absolute Gasteiger partial charge is 0.496 e. The number of para-hydroxylation sites is 1. The maximum atomic E-state index is 12.2. The first-order valence-corrected chi connectivity index (χ1v) is 13.6. The summed E-state index contributed by atoms with van der Waals surface area (Å²) < 4.78 is 18.6. The normalized spacial score (nSPS) is 41.8. The summed E-state index contributed by atoms with van der Waals surface area (Å²) in [5.74, 6) is 1.25. The van der Waals surface area contributed by atoms with E-state index in [1.165, 1.54) is 16.7 Å². The van der Waals surface area contributed by atoms with Crippen molar-refractivity contribution in [3.63, 3.8) is 0 Å². The van der Waals surface area contributed by atoms with Gasteiger partial charge >= 0.3 is 0 Å². The fraction of sp³-hybridized carbons (Fsp3) is 0.733. The zero-order valence-electron chi connectivity index (χ0n) is 21.8. The van der Waals surface area contributed by atoms with Crippen LogP contribution in [-0.4, -0.2) is 48.0 Å². The van der Waals surface area contributed by atoms with E-state index in [9.17, 15) is 10.2 Å². The smallest absolute Gasteiger partial charge is 0.171 e. The minimum absolute atomic E-state index is 0.0103. The molecule has 4 fully saturated rings. The Morgan fingerprint density at radius 3 is 2.49 bits per heavy atom. The highest BCUT2D eigenvalue weighted by Gasteiger charge is 2.60. The standard InChI is InChI=1S/C30H42O5/c1-27(2)17-34-30(35-18-27)14-12-23-26-20(11-13-29(23,32)16-30)22-9-10-25(31)28(22,3)15-21(26)19-7-5-6-8-24(19)33-4/h5-8,20-22,25,31-32H,9-18H2,1-4H3/t20-,21+,22-,25-,28-,29+/m0/s1. The van der Waals surface area contributed by atoms with Crippen molar-refractivity contribution < 1.29 is 24.4 Å². The number of hydrogen-bond donors (Lipinski definition) is 2. The van der Waals surface area contributed by atoms with Crippen molar-refractivity contribution in [2.45, 2.75) is 95.5 Å². The van der Waals surface area contributed by atoms with Gasteiger partial charge in [0.05, 0.1) is 32.0 Å². The Morgan fingerprint density at radius 2 is 1.74 bits per heavy atom. The van der Waals surface area contributed by atoms with Gasteiger partial charge in [-0.25, -0.2) is 0 Å². The minimum atomic E-state index is -0.892. The van der Waals surface area contributed by atoms with Gasteiger partial charge in [0.25, 0.3) is 0 Å². The molecule has 5 aliphatic rings. The van der Waals surface area contributed by atoms with Crippen LogP contribution in [0, 0.1) is 22.7 Å². The molecule has 1 heterocycles. The van der Waals surface area contributed by atoms with Gasteiger partial charge in [-0.2, -0.15) is 0 Å². The van der Waals surface area contributed by atoms with E-state index < -0.39 is 11.4 Å². The number of aliphatic hydroxyl groups is 2. The van der Waals surface area contributed by atoms with Gasteiger partial charge in [-0.1, -0.05) is 44.5 Å². The molecule has 4 aliphatic carbocycles. The molecule has 192 valence electrons. The Balaban J connectivity index is 1.44. The third kappa shape index (κ3) is 3.64. The van der Waals surface area contributed by atoms with Gasteiger partial charge in [0.2, 0.25) is 0 Å². The van der Waals surface area contributed by atoms with E-state index in [4.69, 9.17) is 14.2 Å². The number of fused-ring (bicyclic) bond motifs is 4. The molecule has 1 aliphatic heterocycles. The van der Waals surface area contributed by atoms with Crippen molar-refractivity contribution in [1.82, 2.24) is 0 Å². The molecule has 1 aromatic rings. The molecule has 5 nitrogen and oxygen atoms in total. The number of benzene rings is 1. The maximum Gasteiger partial charge on any atom is 0.171 e. The lowest BCUT2D eigenvalue weighted by Gasteiger charge is -2.57. The molecule has 0 bridgehead atoms. The van der Waals surface area contributed by atoms with Crippen LogP contribution in [0.5, 0.6) is 5.75 Å². The lowest BCUT2D eigenvalue weighted by Crippen LogP contribution is -2.57. The van der Waals surface area contributed by atoms with Gasteiger partial charge in [0.1, 0.15) is 5.75 Å². The van der Waals surface area contributed by atoms with E-state index in [2.05, 4.69) is 32.9 Å². The molecule has 0 unspecified atom stereocenters. The van der Waals surface area contributed by atoms with Crippen LogP contribution in [0.2, 0.25) is 0 Å². The quantitative estimate of drug-likeness (QED) is 0.556. The van der Waals surface area contributed by atoms with E-state index in [0.29, 0.717) is 31.5 Å². The second-order valence-corrected chi connectivity index (χ2v) is 13.1. The topological polar surface area (TPSA) is 68.2 Å². The first-order chi connectivity index (χ1) is 16.6. The highest BCUT2D eigenvalue weighted by Crippen LogP contribution is 2.66. The van der Waals surface area contributed by atoms with Gasteiger partial charge in [0.15, 0.2) is 5.79 Å². The number of rotatable bonds is 2. The lowest BCUT2D eigenvalue weighted by molar-refractivity contribution is -0.322. The minimum Gasteiger partial charge on any atom is -0.496 e. The summed E-state index contributed by atoms with van der Waals surface area (Å²) in [5, 5.41) is 23.4. The monoisotopic (exact) mass is 482 g/mol. The molecule has 5 heteroatoms. The third-order valence-electron chi connectivity index (χ3n) is 10.3. The first kappa shape index (κ1) is 24.0. The van der Waals surface area contributed by atoms with E-state index in [0.717, 1.165) is 50.7 Å². The zero-order chi connectivity index (χ0) is 24.6. The summed E-state index contributed by atoms with van der Waals surface area (Å²) in [6, 6.07) is 8.35. The average Bonchev–Trinajstić information content (AvgIpc) is 3.14. The van der Waals surface area contributed by atoms with Gasteiger partial charge in [-0.05, 0) is 67.4 Å². The van der Waals surface area contributed by atoms with Gasteiger partial charge < -0.3 is 24.4 Å². The predicted molar refractivity (Wildman–Crippen MR) is 134 cm³/mol. The molecule has 1 saturated heterocycles. The van der Waals surface area contributed by atoms with Crippen molar-refractivity contribution in [3.05, 3.63) is 41.0 Å². The predicted octanol–water partition coefficient (Wildman–Crippen LogP) is 5.35. The SMILES string of the molecule is COc1ccccc1[C@H]1C[C@]2(C)[C@@H](O)CC[C@H]2[C@@H]2CC[C@@]3(O)CC4(CCC3=C21)OCC(C)(C)CO4. The molecule has 0 radical (unpaired) electrons. The van der Waals surface area contributed by atoms with Crippen LogP contribution in [0.15, 0.2) is 35.4 Å². The summed E-state index contributed by atoms with van der Waals surface area (Å²) in [6.07, 6.45) is 6.40. The molecule has 1 aromatic carbocycles. The average molecular weight is 483 g/mol. The molecular formula is C30H42O5. The fourth-order valence-electron chi connectivity index (χ4n) is 8.46. The third-order valence-corrected chi connectivity index (χ3v) is 10.3. The van der Waals surface area contributed by atoms with Crippen molar-refractivity contribution in [2.24, 2.45) is 22.7 Å². The molecule has 6 atom stereocenters. The summed E-state index contributed by atoms with van der Waals surface area (Å²) in [7, 11) is 1.74. The molecule has 2 N–H and O–H groups in total. The Labute approximate surface area is 209 Å². The number of aliphatic hydroxyl groups excluding tert-OH is 1. The van der Waals surface area contributed by atoms with E-state index in [1.54, 1.807) is 7.11 Å². The summed E-state index contributed by atoms with van der Waals surface area (Å²) >= 11 is 0. The van der Waals surface area contributed by atoms with Crippen LogP contribution in [0.1, 0.15) is 83.6 Å². The second-order valence-electron chi connectivity index (χ2n) is 13.1. The Kier molecular flexibility index (Phi) is 5.51. The van der Waals surface area contributed by atoms with Crippen molar-refractivity contribution in [2.75, 3.05) is 20.3 Å². The maximum absolute atomic E-state index is 12.2. The van der Waals surface area contributed by atoms with Gasteiger partial charge in [0, 0.05) is 29.7 Å². The first-order valence-electron chi connectivity index (χ1n) is 13.6. The summed E-state index contributed by atoms with van der Waals surface area (Å²) in [4.78, 5) is 0. The molecule has 0 amide bonds. The van der Waals surface area contributed by atoms with E-state index in [1.807, 2.05) is 12.1 Å². The zero-order valence-corrected chi connectivity index (χ0v) is 21.8. The van der Waals surface area contributed by atoms with Crippen LogP contribution in [0.3, 0.4) is 0 Å². The van der Waals surface area contributed by atoms with Crippen molar-refractivity contribution in [3.8, 4) is 5.75 Å². The van der Waals surface area contributed by atoms with Crippen LogP contribution in [0.4, 0.5) is 0 Å². The van der Waals surface area contributed by atoms with Crippen LogP contribution in [0.25, 0.3) is 0 Å². The summed E-state index contributed by atoms with van der Waals surface area (Å²) in [5.41, 5.74) is 2.87. The Morgan fingerprint density at radius 1 is 1.00 bits per heavy atom. The Hall–Kier alpha value is -1.40. The highest BCUT2D eigenvalue weighted by atomic mass is 16.7. The van der Waals surface area contributed by atoms with Crippen LogP contribution >= 0.6 is 0 Å². The lowest BCUT2D eigenvalue weighted by atomic mass is 9.51. The van der Waals surface area contributed by atoms with Crippen LogP contribution in [-0.2, 0) is 9.47 Å². The molecule has 0 aromatic heterocycles. The van der Waals surface area contributed by atoms with Crippen LogP contribution < -0.4 is 4.74 Å². The molecule has 3 saturated carbocycles. The number of methoxy groups -OCH3 is 1. The number of ether oxygens (including phenoxy) is 3. The Bertz CT molecular complexity index is 1020. The second kappa shape index (κ2) is 8.05. The van der Waals surface area contributed by atoms with E-state index in [-0.39, 0.29) is 22.9 Å². The molecule has 35 heavy (non-hydrogen) atoms. The molecule has 1 spiro atoms. The van der Waals surface area contributed by atoms with Gasteiger partial charge in [-0.3, -0.25) is 0 Å². The molecule has 6 rings (SSSR count). The van der Waals surface area contributed by atoms with Crippen molar-refractivity contribution >= 4 is 0 Å². The summed E-state index contributed by atoms with van der Waals surface area (Å²) in [6.45, 7) is 7.98. The molecular weight excluding hydrogens is 440 g/mol. The highest BCUT2D eigenvalue weighted by molar-refractivity contribution is 5.48. The van der Waals surface area contributed by atoms with Gasteiger partial charge in [-0.15, -0.1) is 0 Å². The fourth-order valence-corrected chi connectivity index (χ4v) is 8.46. The van der Waals surface area contributed by atoms with Crippen molar-refractivity contribution in [1.29, 1.82) is 0 Å². The number of allylic oxidation sites excluding steroid dienone is 1. The number of hydrogen-bond acceptors (Lipinski definition) is 5.